The summed E-state index contributed by atoms with van der Waals surface area (Å²) in [5.74, 6) is 0.291. The molecule has 0 aromatic heterocycles. The lowest BCUT2D eigenvalue weighted by atomic mass is 9.97. The monoisotopic (exact) mass is 236 g/mol. The summed E-state index contributed by atoms with van der Waals surface area (Å²) in [5, 5.41) is 9.36. The van der Waals surface area contributed by atoms with Crippen LogP contribution in [0.3, 0.4) is 0 Å². The van der Waals surface area contributed by atoms with Crippen LogP contribution in [0.25, 0.3) is 0 Å². The molecule has 0 bridgehead atoms. The molecule has 2 nitrogen and oxygen atoms in total. The van der Waals surface area contributed by atoms with Crippen LogP contribution in [-0.4, -0.2) is 23.9 Å². The van der Waals surface area contributed by atoms with Crippen molar-refractivity contribution in [1.29, 1.82) is 0 Å². The van der Waals surface area contributed by atoms with E-state index in [1.54, 1.807) is 0 Å². The van der Waals surface area contributed by atoms with Crippen molar-refractivity contribution in [3.05, 3.63) is 35.9 Å². The normalized spacial score (nSPS) is 13.6. The molecule has 0 saturated heterocycles. The quantitative estimate of drug-likeness (QED) is 0.822. The van der Waals surface area contributed by atoms with Crippen LogP contribution < -0.4 is 0 Å². The first-order chi connectivity index (χ1) is 8.01. The van der Waals surface area contributed by atoms with Crippen LogP contribution in [0.1, 0.15) is 32.8 Å². The first-order valence-electron chi connectivity index (χ1n) is 6.30. The van der Waals surface area contributed by atoms with Gasteiger partial charge in [-0.05, 0) is 45.1 Å². The van der Waals surface area contributed by atoms with Crippen LogP contribution in [0, 0.1) is 5.92 Å². The Labute approximate surface area is 105 Å². The highest BCUT2D eigenvalue weighted by molar-refractivity contribution is 5.15. The van der Waals surface area contributed by atoms with Crippen molar-refractivity contribution < 1.29 is 9.84 Å². The Kier molecular flexibility index (Phi) is 5.66. The third-order valence-electron chi connectivity index (χ3n) is 2.69. The first-order valence-corrected chi connectivity index (χ1v) is 6.30. The van der Waals surface area contributed by atoms with Crippen LogP contribution in [0.4, 0.5) is 0 Å². The minimum atomic E-state index is -0.0905. The van der Waals surface area contributed by atoms with Crippen molar-refractivity contribution in [2.24, 2.45) is 5.92 Å². The predicted molar refractivity (Wildman–Crippen MR) is 71.0 cm³/mol. The average molecular weight is 236 g/mol. The van der Waals surface area contributed by atoms with E-state index in [1.807, 2.05) is 18.2 Å². The highest BCUT2D eigenvalue weighted by Crippen LogP contribution is 2.14. The lowest BCUT2D eigenvalue weighted by Crippen LogP contribution is -2.22. The van der Waals surface area contributed by atoms with E-state index in [-0.39, 0.29) is 12.2 Å². The number of rotatable bonds is 6. The summed E-state index contributed by atoms with van der Waals surface area (Å²) in [5.41, 5.74) is 1.19. The van der Waals surface area contributed by atoms with Gasteiger partial charge >= 0.3 is 0 Å². The summed E-state index contributed by atoms with van der Waals surface area (Å²) in [4.78, 5) is 0. The predicted octanol–water partition coefficient (Wildman–Crippen LogP) is 3.04. The molecule has 0 spiro atoms. The van der Waals surface area contributed by atoms with Crippen molar-refractivity contribution >= 4 is 0 Å². The lowest BCUT2D eigenvalue weighted by molar-refractivity contribution is -0.0121. The fourth-order valence-corrected chi connectivity index (χ4v) is 1.74. The number of aliphatic hydroxyl groups is 1. The molecule has 0 amide bonds. The van der Waals surface area contributed by atoms with Gasteiger partial charge in [0.15, 0.2) is 0 Å². The average Bonchev–Trinajstić information content (AvgIpc) is 2.27. The molecule has 1 N–H and O–H groups in total. The molecule has 1 aromatic carbocycles. The van der Waals surface area contributed by atoms with E-state index in [0.717, 1.165) is 12.8 Å². The Hall–Kier alpha value is -0.860. The molecule has 17 heavy (non-hydrogen) atoms. The minimum absolute atomic E-state index is 0.0905. The van der Waals surface area contributed by atoms with Crippen molar-refractivity contribution in [2.45, 2.75) is 39.2 Å². The SMILES string of the molecule is CC(C)(C)OCCC(CO)Cc1ccccc1. The molecular weight excluding hydrogens is 212 g/mol. The van der Waals surface area contributed by atoms with Gasteiger partial charge in [-0.1, -0.05) is 30.3 Å². The molecule has 0 fully saturated rings. The van der Waals surface area contributed by atoms with Crippen molar-refractivity contribution in [3.8, 4) is 0 Å². The van der Waals surface area contributed by atoms with E-state index < -0.39 is 0 Å². The molecule has 96 valence electrons. The van der Waals surface area contributed by atoms with E-state index in [4.69, 9.17) is 4.74 Å². The summed E-state index contributed by atoms with van der Waals surface area (Å²) in [6.45, 7) is 7.10. The smallest absolute Gasteiger partial charge is 0.0598 e. The standard InChI is InChI=1S/C15H24O2/c1-15(2,3)17-10-9-14(12-16)11-13-7-5-4-6-8-13/h4-8,14,16H,9-12H2,1-3H3. The molecule has 1 atom stereocenters. The topological polar surface area (TPSA) is 29.5 Å². The number of benzene rings is 1. The first kappa shape index (κ1) is 14.2. The number of hydrogen-bond donors (Lipinski definition) is 1. The largest absolute Gasteiger partial charge is 0.396 e. The number of aliphatic hydroxyl groups excluding tert-OH is 1. The van der Waals surface area contributed by atoms with Crippen molar-refractivity contribution in [2.75, 3.05) is 13.2 Å². The molecule has 0 saturated carbocycles. The Morgan fingerprint density at radius 2 is 1.82 bits per heavy atom. The van der Waals surface area contributed by atoms with Crippen molar-refractivity contribution in [3.63, 3.8) is 0 Å². The molecule has 1 unspecified atom stereocenters. The number of ether oxygens (including phenoxy) is 1. The molecule has 2 heteroatoms. The molecule has 1 rings (SSSR count). The maximum absolute atomic E-state index is 9.36. The van der Waals surface area contributed by atoms with E-state index in [0.29, 0.717) is 12.5 Å². The van der Waals surface area contributed by atoms with E-state index >= 15 is 0 Å². The molecule has 0 aliphatic rings. The van der Waals surface area contributed by atoms with Crippen LogP contribution >= 0.6 is 0 Å². The van der Waals surface area contributed by atoms with Gasteiger partial charge in [0, 0.05) is 13.2 Å². The summed E-state index contributed by atoms with van der Waals surface area (Å²) < 4.78 is 5.69. The van der Waals surface area contributed by atoms with Gasteiger partial charge in [-0.15, -0.1) is 0 Å². The molecular formula is C15H24O2. The minimum Gasteiger partial charge on any atom is -0.396 e. The molecule has 0 heterocycles. The summed E-state index contributed by atoms with van der Waals surface area (Å²) in [6, 6.07) is 10.3. The Morgan fingerprint density at radius 1 is 1.18 bits per heavy atom. The second-order valence-electron chi connectivity index (χ2n) is 5.49. The van der Waals surface area contributed by atoms with Crippen LogP contribution in [-0.2, 0) is 11.2 Å². The van der Waals surface area contributed by atoms with Gasteiger partial charge in [-0.25, -0.2) is 0 Å². The highest BCUT2D eigenvalue weighted by atomic mass is 16.5. The van der Waals surface area contributed by atoms with Gasteiger partial charge in [0.2, 0.25) is 0 Å². The van der Waals surface area contributed by atoms with E-state index in [1.165, 1.54) is 5.56 Å². The lowest BCUT2D eigenvalue weighted by Gasteiger charge is -2.21. The molecule has 1 aromatic rings. The Balaban J connectivity index is 2.34. The van der Waals surface area contributed by atoms with Gasteiger partial charge in [-0.3, -0.25) is 0 Å². The third-order valence-corrected chi connectivity index (χ3v) is 2.69. The van der Waals surface area contributed by atoms with Crippen LogP contribution in [0.15, 0.2) is 30.3 Å². The van der Waals surface area contributed by atoms with Crippen LogP contribution in [0.2, 0.25) is 0 Å². The molecule has 0 aliphatic carbocycles. The molecule has 0 radical (unpaired) electrons. The van der Waals surface area contributed by atoms with E-state index in [2.05, 4.69) is 32.9 Å². The Morgan fingerprint density at radius 3 is 2.35 bits per heavy atom. The number of hydrogen-bond acceptors (Lipinski definition) is 2. The summed E-state index contributed by atoms with van der Waals surface area (Å²) >= 11 is 0. The van der Waals surface area contributed by atoms with Gasteiger partial charge < -0.3 is 9.84 Å². The zero-order chi connectivity index (χ0) is 12.7. The summed E-state index contributed by atoms with van der Waals surface area (Å²) in [7, 11) is 0. The maximum atomic E-state index is 9.36. The second-order valence-corrected chi connectivity index (χ2v) is 5.49. The highest BCUT2D eigenvalue weighted by Gasteiger charge is 2.13. The zero-order valence-electron chi connectivity index (χ0n) is 11.1. The Bertz CT molecular complexity index is 300. The molecule has 0 aliphatic heterocycles. The van der Waals surface area contributed by atoms with Gasteiger partial charge in [-0.2, -0.15) is 0 Å². The van der Waals surface area contributed by atoms with Crippen molar-refractivity contribution in [1.82, 2.24) is 0 Å². The van der Waals surface area contributed by atoms with E-state index in [9.17, 15) is 5.11 Å². The van der Waals surface area contributed by atoms with Crippen LogP contribution in [0.5, 0.6) is 0 Å². The third kappa shape index (κ3) is 6.44. The van der Waals surface area contributed by atoms with Gasteiger partial charge in [0.05, 0.1) is 5.60 Å². The summed E-state index contributed by atoms with van der Waals surface area (Å²) in [6.07, 6.45) is 1.83. The van der Waals surface area contributed by atoms with Gasteiger partial charge in [0.25, 0.3) is 0 Å². The zero-order valence-corrected chi connectivity index (χ0v) is 11.1. The maximum Gasteiger partial charge on any atom is 0.0598 e. The second kappa shape index (κ2) is 6.77. The fourth-order valence-electron chi connectivity index (χ4n) is 1.74. The van der Waals surface area contributed by atoms with Gasteiger partial charge in [0.1, 0.15) is 0 Å². The fraction of sp³-hybridized carbons (Fsp3) is 0.600.